The topological polar surface area (TPSA) is 98.2 Å². The van der Waals surface area contributed by atoms with Crippen LogP contribution in [-0.2, 0) is 0 Å². The number of nitrogens with two attached hydrogens (primary N) is 2. The van der Waals surface area contributed by atoms with Gasteiger partial charge in [-0.1, -0.05) is 24.3 Å². The van der Waals surface area contributed by atoms with Crippen LogP contribution in [-0.4, -0.2) is 24.7 Å². The maximum Gasteiger partial charge on any atom is 0.196 e. The summed E-state index contributed by atoms with van der Waals surface area (Å²) in [5, 5.41) is 3.17. The van der Waals surface area contributed by atoms with E-state index in [1.807, 2.05) is 0 Å². The van der Waals surface area contributed by atoms with Crippen LogP contribution in [0.2, 0.25) is 0 Å². The highest BCUT2D eigenvalue weighted by atomic mass is 16.1. The first kappa shape index (κ1) is 14.3. The highest BCUT2D eigenvalue weighted by Gasteiger charge is 2.33. The molecule has 0 fully saturated rings. The number of rotatable bonds is 4. The number of ketones is 2. The van der Waals surface area contributed by atoms with Crippen molar-refractivity contribution in [3.63, 3.8) is 0 Å². The van der Waals surface area contributed by atoms with E-state index in [1.165, 1.54) is 0 Å². The summed E-state index contributed by atoms with van der Waals surface area (Å²) in [6.07, 6.45) is 0.776. The van der Waals surface area contributed by atoms with Crippen LogP contribution in [0.15, 0.2) is 36.4 Å². The van der Waals surface area contributed by atoms with Gasteiger partial charge in [0, 0.05) is 29.0 Å². The lowest BCUT2D eigenvalue weighted by Gasteiger charge is -2.22. The Kier molecular flexibility index (Phi) is 3.65. The lowest BCUT2D eigenvalue weighted by Crippen LogP contribution is -2.24. The molecule has 5 heteroatoms. The molecule has 0 amide bonds. The number of hydrogen-bond acceptors (Lipinski definition) is 5. The summed E-state index contributed by atoms with van der Waals surface area (Å²) in [6.45, 7) is 1.19. The third kappa shape index (κ3) is 2.16. The molecule has 22 heavy (non-hydrogen) atoms. The minimum absolute atomic E-state index is 0.173. The summed E-state index contributed by atoms with van der Waals surface area (Å²) in [5.41, 5.74) is 13.9. The van der Waals surface area contributed by atoms with E-state index in [9.17, 15) is 9.59 Å². The SMILES string of the molecule is NCCCNc1ccc(N)c2c1C(=O)c1ccccc1C2=O. The van der Waals surface area contributed by atoms with Gasteiger partial charge in [-0.15, -0.1) is 0 Å². The molecule has 0 spiro atoms. The molecule has 0 bridgehead atoms. The number of nitrogen functional groups attached to an aromatic ring is 1. The molecule has 0 atom stereocenters. The van der Waals surface area contributed by atoms with E-state index in [0.717, 1.165) is 6.42 Å². The van der Waals surface area contributed by atoms with Crippen LogP contribution < -0.4 is 16.8 Å². The Bertz CT molecular complexity index is 768. The largest absolute Gasteiger partial charge is 0.398 e. The van der Waals surface area contributed by atoms with Gasteiger partial charge >= 0.3 is 0 Å². The number of benzene rings is 2. The highest BCUT2D eigenvalue weighted by Crippen LogP contribution is 2.35. The molecule has 0 heterocycles. The average Bonchev–Trinajstić information content (AvgIpc) is 2.54. The molecule has 1 aliphatic carbocycles. The maximum atomic E-state index is 12.8. The van der Waals surface area contributed by atoms with E-state index in [-0.39, 0.29) is 11.6 Å². The molecular formula is C17H17N3O2. The van der Waals surface area contributed by atoms with Crippen LogP contribution >= 0.6 is 0 Å². The molecule has 0 radical (unpaired) electrons. The Hall–Kier alpha value is -2.66. The normalized spacial score (nSPS) is 12.8. The fourth-order valence-electron chi connectivity index (χ4n) is 2.72. The Labute approximate surface area is 128 Å². The van der Waals surface area contributed by atoms with Crippen molar-refractivity contribution in [3.8, 4) is 0 Å². The van der Waals surface area contributed by atoms with Gasteiger partial charge in [-0.2, -0.15) is 0 Å². The fourth-order valence-corrected chi connectivity index (χ4v) is 2.72. The van der Waals surface area contributed by atoms with Crippen molar-refractivity contribution >= 4 is 22.9 Å². The molecule has 3 rings (SSSR count). The monoisotopic (exact) mass is 295 g/mol. The average molecular weight is 295 g/mol. The Morgan fingerprint density at radius 3 is 2.18 bits per heavy atom. The lowest BCUT2D eigenvalue weighted by atomic mass is 9.82. The second-order valence-electron chi connectivity index (χ2n) is 5.23. The molecule has 0 saturated carbocycles. The predicted octanol–water partition coefficient (Wildman–Crippen LogP) is 1.80. The molecule has 0 aromatic heterocycles. The summed E-state index contributed by atoms with van der Waals surface area (Å²) in [6, 6.07) is 10.2. The van der Waals surface area contributed by atoms with Gasteiger partial charge in [0.1, 0.15) is 0 Å². The zero-order chi connectivity index (χ0) is 15.7. The smallest absolute Gasteiger partial charge is 0.196 e. The number of hydrogen-bond donors (Lipinski definition) is 3. The van der Waals surface area contributed by atoms with E-state index in [2.05, 4.69) is 5.32 Å². The van der Waals surface area contributed by atoms with Crippen molar-refractivity contribution in [1.82, 2.24) is 0 Å². The van der Waals surface area contributed by atoms with Gasteiger partial charge in [0.2, 0.25) is 0 Å². The predicted molar refractivity (Wildman–Crippen MR) is 86.3 cm³/mol. The molecule has 5 nitrogen and oxygen atoms in total. The van der Waals surface area contributed by atoms with Crippen LogP contribution in [0.1, 0.15) is 38.3 Å². The summed E-state index contributed by atoms with van der Waals surface area (Å²) in [5.74, 6) is -0.377. The highest BCUT2D eigenvalue weighted by molar-refractivity contribution is 6.31. The first-order valence-electron chi connectivity index (χ1n) is 7.20. The van der Waals surface area contributed by atoms with Crippen LogP contribution in [0.3, 0.4) is 0 Å². The zero-order valence-electron chi connectivity index (χ0n) is 12.1. The summed E-state index contributed by atoms with van der Waals surface area (Å²) in [4.78, 5) is 25.5. The number of anilines is 2. The first-order valence-corrected chi connectivity index (χ1v) is 7.20. The first-order chi connectivity index (χ1) is 10.6. The van der Waals surface area contributed by atoms with Crippen molar-refractivity contribution in [2.75, 3.05) is 24.1 Å². The van der Waals surface area contributed by atoms with Gasteiger partial charge in [-0.05, 0) is 25.1 Å². The van der Waals surface area contributed by atoms with Gasteiger partial charge < -0.3 is 16.8 Å². The quantitative estimate of drug-likeness (QED) is 0.503. The van der Waals surface area contributed by atoms with Crippen LogP contribution in [0.4, 0.5) is 11.4 Å². The maximum absolute atomic E-state index is 12.8. The van der Waals surface area contributed by atoms with Crippen LogP contribution in [0.5, 0.6) is 0 Å². The third-order valence-corrected chi connectivity index (χ3v) is 3.80. The van der Waals surface area contributed by atoms with Gasteiger partial charge in [-0.3, -0.25) is 9.59 Å². The number of nitrogens with one attached hydrogen (secondary N) is 1. The second-order valence-corrected chi connectivity index (χ2v) is 5.23. The Balaban J connectivity index is 2.14. The van der Waals surface area contributed by atoms with Crippen LogP contribution in [0.25, 0.3) is 0 Å². The number of fused-ring (bicyclic) bond motifs is 2. The van der Waals surface area contributed by atoms with Crippen molar-refractivity contribution in [1.29, 1.82) is 0 Å². The van der Waals surface area contributed by atoms with Gasteiger partial charge in [0.25, 0.3) is 0 Å². The van der Waals surface area contributed by atoms with Crippen molar-refractivity contribution in [2.45, 2.75) is 6.42 Å². The van der Waals surface area contributed by atoms with Crippen molar-refractivity contribution in [2.24, 2.45) is 5.73 Å². The molecule has 2 aromatic carbocycles. The van der Waals surface area contributed by atoms with Gasteiger partial charge in [0.15, 0.2) is 11.6 Å². The molecule has 5 N–H and O–H groups in total. The lowest BCUT2D eigenvalue weighted by molar-refractivity contribution is 0.0980. The standard InChI is InChI=1S/C17H17N3O2/c18-8-3-9-20-13-7-6-12(19)14-15(13)17(22)11-5-2-1-4-10(11)16(14)21/h1-2,4-7,20H,3,8-9,18-19H2. The fraction of sp³-hybridized carbons (Fsp3) is 0.176. The molecule has 0 unspecified atom stereocenters. The molecule has 1 aliphatic rings. The van der Waals surface area contributed by atoms with Crippen molar-refractivity contribution < 1.29 is 9.59 Å². The minimum atomic E-state index is -0.204. The summed E-state index contributed by atoms with van der Waals surface area (Å²) >= 11 is 0. The van der Waals surface area contributed by atoms with E-state index >= 15 is 0 Å². The van der Waals surface area contributed by atoms with E-state index < -0.39 is 0 Å². The molecule has 0 saturated heterocycles. The van der Waals surface area contributed by atoms with E-state index in [0.29, 0.717) is 46.7 Å². The Morgan fingerprint density at radius 1 is 0.909 bits per heavy atom. The van der Waals surface area contributed by atoms with Gasteiger partial charge in [-0.25, -0.2) is 0 Å². The summed E-state index contributed by atoms with van der Waals surface area (Å²) in [7, 11) is 0. The van der Waals surface area contributed by atoms with E-state index in [4.69, 9.17) is 11.5 Å². The van der Waals surface area contributed by atoms with Gasteiger partial charge in [0.05, 0.1) is 11.1 Å². The summed E-state index contributed by atoms with van der Waals surface area (Å²) < 4.78 is 0. The zero-order valence-corrected chi connectivity index (χ0v) is 12.1. The van der Waals surface area contributed by atoms with E-state index in [1.54, 1.807) is 36.4 Å². The van der Waals surface area contributed by atoms with Crippen LogP contribution in [0, 0.1) is 0 Å². The molecule has 2 aromatic rings. The second kappa shape index (κ2) is 5.61. The Morgan fingerprint density at radius 2 is 1.55 bits per heavy atom. The molecule has 0 aliphatic heterocycles. The number of carbonyl (C=O) groups is 2. The van der Waals surface area contributed by atoms with Crippen molar-refractivity contribution in [3.05, 3.63) is 58.7 Å². The molecular weight excluding hydrogens is 278 g/mol. The number of carbonyl (C=O) groups excluding carboxylic acids is 2. The molecule has 112 valence electrons. The third-order valence-electron chi connectivity index (χ3n) is 3.80. The minimum Gasteiger partial charge on any atom is -0.398 e.